The van der Waals surface area contributed by atoms with Crippen molar-refractivity contribution in [2.45, 2.75) is 13.8 Å². The van der Waals surface area contributed by atoms with Gasteiger partial charge in [0.1, 0.15) is 0 Å². The van der Waals surface area contributed by atoms with E-state index >= 15 is 0 Å². The van der Waals surface area contributed by atoms with E-state index < -0.39 is 0 Å². The summed E-state index contributed by atoms with van der Waals surface area (Å²) in [6.07, 6.45) is 0. The molecule has 0 aliphatic heterocycles. The molecule has 0 aliphatic rings. The van der Waals surface area contributed by atoms with Gasteiger partial charge in [0.05, 0.1) is 0 Å². The average molecular weight is 400 g/mol. The topological polar surface area (TPSA) is 54.7 Å². The molecule has 0 atom stereocenters. The second-order valence-corrected chi connectivity index (χ2v) is 7.61. The number of aryl methyl sites for hydroxylation is 2. The predicted molar refractivity (Wildman–Crippen MR) is 117 cm³/mol. The van der Waals surface area contributed by atoms with Gasteiger partial charge < -0.3 is 9.40 Å². The highest BCUT2D eigenvalue weighted by Crippen LogP contribution is 2.32. The molecule has 5 aromatic rings. The molecule has 0 amide bonds. The number of fused-ring (bicyclic) bond motifs is 1. The van der Waals surface area contributed by atoms with Crippen molar-refractivity contribution >= 4 is 22.5 Å². The molecule has 29 heavy (non-hydrogen) atoms. The fourth-order valence-corrected chi connectivity index (χ4v) is 3.81. The number of rotatable bonds is 3. The number of hydrogen-bond acceptors (Lipinski definition) is 3. The third-order valence-electron chi connectivity index (χ3n) is 5.14. The smallest absolute Gasteiger partial charge is 0.248 e. The molecule has 4 nitrogen and oxygen atoms in total. The third-order valence-corrected chi connectivity index (χ3v) is 5.39. The lowest BCUT2D eigenvalue weighted by atomic mass is 10.0. The van der Waals surface area contributed by atoms with Crippen molar-refractivity contribution in [1.29, 1.82) is 0 Å². The number of benzene rings is 3. The molecule has 5 heteroatoms. The second kappa shape index (κ2) is 6.90. The van der Waals surface area contributed by atoms with Gasteiger partial charge in [-0.25, -0.2) is 0 Å². The zero-order valence-corrected chi connectivity index (χ0v) is 16.8. The van der Waals surface area contributed by atoms with E-state index in [9.17, 15) is 0 Å². The van der Waals surface area contributed by atoms with Crippen LogP contribution in [0.2, 0.25) is 5.02 Å². The average Bonchev–Trinajstić information content (AvgIpc) is 3.35. The highest BCUT2D eigenvalue weighted by molar-refractivity contribution is 6.30. The Balaban J connectivity index is 1.53. The van der Waals surface area contributed by atoms with Crippen LogP contribution < -0.4 is 0 Å². The lowest BCUT2D eigenvalue weighted by Crippen LogP contribution is -1.87. The van der Waals surface area contributed by atoms with Gasteiger partial charge in [-0.1, -0.05) is 35.9 Å². The second-order valence-electron chi connectivity index (χ2n) is 7.17. The van der Waals surface area contributed by atoms with Crippen LogP contribution in [-0.4, -0.2) is 15.2 Å². The van der Waals surface area contributed by atoms with E-state index in [0.717, 1.165) is 27.7 Å². The molecule has 0 fully saturated rings. The molecule has 0 unspecified atom stereocenters. The first-order chi connectivity index (χ1) is 14.1. The van der Waals surface area contributed by atoms with Crippen LogP contribution >= 0.6 is 11.6 Å². The number of aromatic amines is 1. The molecule has 3 aromatic carbocycles. The minimum Gasteiger partial charge on any atom is -0.416 e. The van der Waals surface area contributed by atoms with Gasteiger partial charge in [-0.15, -0.1) is 10.2 Å². The van der Waals surface area contributed by atoms with Crippen LogP contribution in [0, 0.1) is 13.8 Å². The monoisotopic (exact) mass is 399 g/mol. The maximum atomic E-state index is 5.95. The quantitative estimate of drug-likeness (QED) is 0.362. The molecule has 0 saturated heterocycles. The Morgan fingerprint density at radius 2 is 1.45 bits per heavy atom. The normalized spacial score (nSPS) is 11.3. The Morgan fingerprint density at radius 1 is 0.793 bits per heavy atom. The Morgan fingerprint density at radius 3 is 2.17 bits per heavy atom. The molecule has 1 N–H and O–H groups in total. The van der Waals surface area contributed by atoms with E-state index in [1.165, 1.54) is 16.7 Å². The van der Waals surface area contributed by atoms with Crippen molar-refractivity contribution in [1.82, 2.24) is 15.2 Å². The minimum absolute atomic E-state index is 0.472. The van der Waals surface area contributed by atoms with E-state index in [-0.39, 0.29) is 0 Å². The molecule has 0 aliphatic carbocycles. The summed E-state index contributed by atoms with van der Waals surface area (Å²) >= 11 is 5.95. The van der Waals surface area contributed by atoms with Crippen molar-refractivity contribution in [3.8, 4) is 34.2 Å². The van der Waals surface area contributed by atoms with Crippen LogP contribution in [0.4, 0.5) is 0 Å². The van der Waals surface area contributed by atoms with Gasteiger partial charge in [0.25, 0.3) is 0 Å². The van der Waals surface area contributed by atoms with Crippen LogP contribution in [-0.2, 0) is 0 Å². The molecule has 0 saturated carbocycles. The molecule has 0 radical (unpaired) electrons. The van der Waals surface area contributed by atoms with Gasteiger partial charge in [0.15, 0.2) is 0 Å². The lowest BCUT2D eigenvalue weighted by Gasteiger charge is -2.07. The van der Waals surface area contributed by atoms with Crippen molar-refractivity contribution in [3.05, 3.63) is 82.9 Å². The highest BCUT2D eigenvalue weighted by atomic mass is 35.5. The maximum absolute atomic E-state index is 5.95. The van der Waals surface area contributed by atoms with Crippen molar-refractivity contribution in [3.63, 3.8) is 0 Å². The standard InChI is InChI=1S/C24H18ClN3O/c1-14-4-3-5-15(2)22(14)21-12-17-6-7-18(13-20(17)26-21)24-28-27-23(29-24)16-8-10-19(25)11-9-16/h3-13,26H,1-2H3. The number of hydrogen-bond donors (Lipinski definition) is 1. The van der Waals surface area contributed by atoms with Crippen LogP contribution in [0.3, 0.4) is 0 Å². The fraction of sp³-hybridized carbons (Fsp3) is 0.0833. The van der Waals surface area contributed by atoms with Crippen molar-refractivity contribution < 1.29 is 4.42 Å². The highest BCUT2D eigenvalue weighted by Gasteiger charge is 2.13. The summed E-state index contributed by atoms with van der Waals surface area (Å²) in [5.74, 6) is 0.958. The van der Waals surface area contributed by atoms with Crippen molar-refractivity contribution in [2.75, 3.05) is 0 Å². The molecule has 142 valence electrons. The largest absolute Gasteiger partial charge is 0.416 e. The molecular weight excluding hydrogens is 382 g/mol. The Bertz CT molecular complexity index is 1310. The van der Waals surface area contributed by atoms with Gasteiger partial charge in [0, 0.05) is 38.3 Å². The number of nitrogens with zero attached hydrogens (tertiary/aromatic N) is 2. The summed E-state index contributed by atoms with van der Waals surface area (Å²) in [6.45, 7) is 4.27. The van der Waals surface area contributed by atoms with Gasteiger partial charge in [-0.05, 0) is 67.4 Å². The van der Waals surface area contributed by atoms with Crippen LogP contribution in [0.25, 0.3) is 45.1 Å². The van der Waals surface area contributed by atoms with Crippen molar-refractivity contribution in [2.24, 2.45) is 0 Å². The summed E-state index contributed by atoms with van der Waals surface area (Å²) in [5, 5.41) is 10.2. The zero-order valence-electron chi connectivity index (χ0n) is 16.0. The van der Waals surface area contributed by atoms with Gasteiger partial charge >= 0.3 is 0 Å². The molecule has 0 bridgehead atoms. The minimum atomic E-state index is 0.472. The molecule has 0 spiro atoms. The molecule has 5 rings (SSSR count). The van der Waals surface area contributed by atoms with Gasteiger partial charge in [0.2, 0.25) is 11.8 Å². The fourth-order valence-electron chi connectivity index (χ4n) is 3.68. The first kappa shape index (κ1) is 17.7. The Labute approximate surface area is 173 Å². The molecule has 2 heterocycles. The van der Waals surface area contributed by atoms with E-state index in [0.29, 0.717) is 16.8 Å². The first-order valence-corrected chi connectivity index (χ1v) is 9.75. The van der Waals surface area contributed by atoms with Gasteiger partial charge in [-0.2, -0.15) is 0 Å². The molecule has 2 aromatic heterocycles. The van der Waals surface area contributed by atoms with E-state index in [4.69, 9.17) is 16.0 Å². The molecular formula is C24H18ClN3O. The first-order valence-electron chi connectivity index (χ1n) is 9.38. The summed E-state index contributed by atoms with van der Waals surface area (Å²) in [7, 11) is 0. The summed E-state index contributed by atoms with van der Waals surface area (Å²) < 4.78 is 5.90. The summed E-state index contributed by atoms with van der Waals surface area (Å²) in [4.78, 5) is 3.54. The van der Waals surface area contributed by atoms with E-state index in [1.54, 1.807) is 12.1 Å². The predicted octanol–water partition coefficient (Wildman–Crippen LogP) is 6.82. The number of halogens is 1. The summed E-state index contributed by atoms with van der Waals surface area (Å²) in [5.41, 5.74) is 7.61. The zero-order chi connectivity index (χ0) is 20.0. The Hall–Kier alpha value is -3.37. The van der Waals surface area contributed by atoms with Crippen LogP contribution in [0.15, 0.2) is 71.1 Å². The van der Waals surface area contributed by atoms with E-state index in [1.807, 2.05) is 24.3 Å². The van der Waals surface area contributed by atoms with Gasteiger partial charge in [-0.3, -0.25) is 0 Å². The lowest BCUT2D eigenvalue weighted by molar-refractivity contribution is 0.584. The van der Waals surface area contributed by atoms with Crippen LogP contribution in [0.5, 0.6) is 0 Å². The third kappa shape index (κ3) is 3.22. The Kier molecular flexibility index (Phi) is 4.22. The summed E-state index contributed by atoms with van der Waals surface area (Å²) in [6, 6.07) is 22.0. The SMILES string of the molecule is Cc1cccc(C)c1-c1cc2ccc(-c3nnc(-c4ccc(Cl)cc4)o3)cc2[nH]1. The number of nitrogens with one attached hydrogen (secondary N) is 1. The number of aromatic nitrogens is 3. The number of H-pyrrole nitrogens is 1. The van der Waals surface area contributed by atoms with E-state index in [2.05, 4.69) is 59.4 Å². The maximum Gasteiger partial charge on any atom is 0.248 e. The van der Waals surface area contributed by atoms with Crippen LogP contribution in [0.1, 0.15) is 11.1 Å².